The van der Waals surface area contributed by atoms with Crippen molar-refractivity contribution in [1.29, 1.82) is 0 Å². The number of rotatable bonds is 7. The largest absolute Gasteiger partial charge is 0.491 e. The molecule has 0 bridgehead atoms. The third-order valence-corrected chi connectivity index (χ3v) is 3.49. The fourth-order valence-corrected chi connectivity index (χ4v) is 2.50. The maximum absolute atomic E-state index is 12.0. The molecule has 0 fully saturated rings. The fourth-order valence-electron chi connectivity index (χ4n) is 2.50. The Morgan fingerprint density at radius 1 is 1.35 bits per heavy atom. The molecule has 0 saturated heterocycles. The monoisotopic (exact) mass is 276 g/mol. The van der Waals surface area contributed by atoms with Gasteiger partial charge in [-0.1, -0.05) is 26.3 Å². The molecule has 1 aromatic rings. The third kappa shape index (κ3) is 3.31. The Morgan fingerprint density at radius 2 is 2.15 bits per heavy atom. The number of ether oxygens (including phenoxy) is 1. The predicted octanol–water partition coefficient (Wildman–Crippen LogP) is 3.25. The Balaban J connectivity index is 2.09. The van der Waals surface area contributed by atoms with Gasteiger partial charge in [-0.05, 0) is 32.4 Å². The molecule has 0 aromatic heterocycles. The van der Waals surface area contributed by atoms with E-state index in [2.05, 4.69) is 31.4 Å². The van der Waals surface area contributed by atoms with Crippen LogP contribution in [0.4, 0.5) is 5.69 Å². The van der Waals surface area contributed by atoms with Gasteiger partial charge in [-0.2, -0.15) is 0 Å². The lowest BCUT2D eigenvalue weighted by atomic mass is 10.1. The minimum Gasteiger partial charge on any atom is -0.491 e. The number of nitrogens with one attached hydrogen (secondary N) is 2. The van der Waals surface area contributed by atoms with E-state index >= 15 is 0 Å². The maximum Gasteiger partial charge on any atom is 0.246 e. The highest BCUT2D eigenvalue weighted by atomic mass is 16.5. The Bertz CT molecular complexity index is 474. The molecule has 1 aliphatic heterocycles. The quantitative estimate of drug-likeness (QED) is 0.803. The van der Waals surface area contributed by atoms with E-state index in [0.717, 1.165) is 42.8 Å². The van der Waals surface area contributed by atoms with Gasteiger partial charge in [-0.25, -0.2) is 0 Å². The van der Waals surface area contributed by atoms with Gasteiger partial charge in [0, 0.05) is 17.3 Å². The van der Waals surface area contributed by atoms with Gasteiger partial charge in [0.1, 0.15) is 11.8 Å². The standard InChI is InChI=1S/C16H24N2O2/c1-4-6-11(3)20-12-7-8-13-14(10-12)18-16(19)15(13)17-9-5-2/h7-8,10-11,15,17H,4-6,9H2,1-3H3,(H,18,19). The predicted molar refractivity (Wildman–Crippen MR) is 81.1 cm³/mol. The zero-order valence-electron chi connectivity index (χ0n) is 12.5. The van der Waals surface area contributed by atoms with Crippen LogP contribution in [0, 0.1) is 0 Å². The van der Waals surface area contributed by atoms with Crippen molar-refractivity contribution < 1.29 is 9.53 Å². The van der Waals surface area contributed by atoms with Crippen LogP contribution in [-0.2, 0) is 4.79 Å². The number of carbonyl (C=O) groups is 1. The van der Waals surface area contributed by atoms with Crippen LogP contribution >= 0.6 is 0 Å². The SMILES string of the molecule is CCCNC1C(=O)Nc2cc(OC(C)CCC)ccc21. The summed E-state index contributed by atoms with van der Waals surface area (Å²) in [6.07, 6.45) is 3.34. The van der Waals surface area contributed by atoms with Crippen LogP contribution in [0.25, 0.3) is 0 Å². The molecule has 1 amide bonds. The van der Waals surface area contributed by atoms with Gasteiger partial charge in [-0.3, -0.25) is 4.79 Å². The average molecular weight is 276 g/mol. The maximum atomic E-state index is 12.0. The van der Waals surface area contributed by atoms with Crippen LogP contribution in [0.1, 0.15) is 51.6 Å². The van der Waals surface area contributed by atoms with Gasteiger partial charge in [0.25, 0.3) is 0 Å². The number of anilines is 1. The first-order valence-electron chi connectivity index (χ1n) is 7.50. The highest BCUT2D eigenvalue weighted by Crippen LogP contribution is 2.34. The Morgan fingerprint density at radius 3 is 2.85 bits per heavy atom. The molecular formula is C16H24N2O2. The van der Waals surface area contributed by atoms with Gasteiger partial charge < -0.3 is 15.4 Å². The highest BCUT2D eigenvalue weighted by molar-refractivity contribution is 6.02. The molecular weight excluding hydrogens is 252 g/mol. The minimum atomic E-state index is -0.230. The van der Waals surface area contributed by atoms with Gasteiger partial charge in [0.05, 0.1) is 6.10 Å². The third-order valence-electron chi connectivity index (χ3n) is 3.49. The molecule has 2 atom stereocenters. The second-order valence-electron chi connectivity index (χ2n) is 5.34. The van der Waals surface area contributed by atoms with Crippen molar-refractivity contribution >= 4 is 11.6 Å². The zero-order chi connectivity index (χ0) is 14.5. The Hall–Kier alpha value is -1.55. The topological polar surface area (TPSA) is 50.4 Å². The molecule has 4 heteroatoms. The van der Waals surface area contributed by atoms with Crippen molar-refractivity contribution in [3.8, 4) is 5.75 Å². The van der Waals surface area contributed by atoms with Crippen molar-refractivity contribution in [3.63, 3.8) is 0 Å². The summed E-state index contributed by atoms with van der Waals surface area (Å²) in [7, 11) is 0. The lowest BCUT2D eigenvalue weighted by Gasteiger charge is -2.15. The van der Waals surface area contributed by atoms with E-state index in [1.54, 1.807) is 0 Å². The lowest BCUT2D eigenvalue weighted by molar-refractivity contribution is -0.117. The summed E-state index contributed by atoms with van der Waals surface area (Å²) in [5.74, 6) is 0.841. The first-order chi connectivity index (χ1) is 9.65. The molecule has 1 heterocycles. The first-order valence-corrected chi connectivity index (χ1v) is 7.50. The molecule has 1 aromatic carbocycles. The van der Waals surface area contributed by atoms with Crippen molar-refractivity contribution in [1.82, 2.24) is 5.32 Å². The number of carbonyl (C=O) groups excluding carboxylic acids is 1. The smallest absolute Gasteiger partial charge is 0.246 e. The first kappa shape index (κ1) is 14.9. The van der Waals surface area contributed by atoms with Crippen molar-refractivity contribution in [2.45, 2.75) is 52.2 Å². The van der Waals surface area contributed by atoms with E-state index in [-0.39, 0.29) is 18.1 Å². The summed E-state index contributed by atoms with van der Waals surface area (Å²) >= 11 is 0. The molecule has 0 radical (unpaired) electrons. The van der Waals surface area contributed by atoms with E-state index in [4.69, 9.17) is 4.74 Å². The van der Waals surface area contributed by atoms with Crippen LogP contribution in [0.15, 0.2) is 18.2 Å². The molecule has 20 heavy (non-hydrogen) atoms. The Kier molecular flexibility index (Phi) is 5.01. The molecule has 0 spiro atoms. The normalized spacial score (nSPS) is 18.6. The summed E-state index contributed by atoms with van der Waals surface area (Å²) in [5, 5.41) is 6.19. The zero-order valence-corrected chi connectivity index (χ0v) is 12.5. The molecule has 2 unspecified atom stereocenters. The van der Waals surface area contributed by atoms with Gasteiger partial charge in [0.2, 0.25) is 5.91 Å². The molecule has 4 nitrogen and oxygen atoms in total. The van der Waals surface area contributed by atoms with Gasteiger partial charge in [0.15, 0.2) is 0 Å². The number of hydrogen-bond donors (Lipinski definition) is 2. The second-order valence-corrected chi connectivity index (χ2v) is 5.34. The van der Waals surface area contributed by atoms with Gasteiger partial charge >= 0.3 is 0 Å². The van der Waals surface area contributed by atoms with Crippen LogP contribution in [-0.4, -0.2) is 18.6 Å². The van der Waals surface area contributed by atoms with Crippen molar-refractivity contribution in [2.75, 3.05) is 11.9 Å². The number of benzene rings is 1. The van der Waals surface area contributed by atoms with E-state index < -0.39 is 0 Å². The molecule has 0 aliphatic carbocycles. The molecule has 2 rings (SSSR count). The number of amides is 1. The summed E-state index contributed by atoms with van der Waals surface area (Å²) in [5.41, 5.74) is 1.88. The summed E-state index contributed by atoms with van der Waals surface area (Å²) < 4.78 is 5.86. The van der Waals surface area contributed by atoms with Crippen LogP contribution in [0.3, 0.4) is 0 Å². The van der Waals surface area contributed by atoms with Crippen molar-refractivity contribution in [3.05, 3.63) is 23.8 Å². The summed E-state index contributed by atoms with van der Waals surface area (Å²) in [6, 6.07) is 5.63. The average Bonchev–Trinajstić information content (AvgIpc) is 2.71. The fraction of sp³-hybridized carbons (Fsp3) is 0.562. The van der Waals surface area contributed by atoms with Crippen LogP contribution in [0.5, 0.6) is 5.75 Å². The van der Waals surface area contributed by atoms with E-state index in [1.807, 2.05) is 18.2 Å². The summed E-state index contributed by atoms with van der Waals surface area (Å²) in [4.78, 5) is 12.0. The molecule has 2 N–H and O–H groups in total. The molecule has 110 valence electrons. The highest BCUT2D eigenvalue weighted by Gasteiger charge is 2.30. The molecule has 1 aliphatic rings. The van der Waals surface area contributed by atoms with Crippen LogP contribution in [0.2, 0.25) is 0 Å². The van der Waals surface area contributed by atoms with Gasteiger partial charge in [-0.15, -0.1) is 0 Å². The number of hydrogen-bond acceptors (Lipinski definition) is 3. The second kappa shape index (κ2) is 6.75. The van der Waals surface area contributed by atoms with E-state index in [9.17, 15) is 4.79 Å². The minimum absolute atomic E-state index is 0.0206. The summed E-state index contributed by atoms with van der Waals surface area (Å²) in [6.45, 7) is 7.14. The van der Waals surface area contributed by atoms with E-state index in [0.29, 0.717) is 0 Å². The number of fused-ring (bicyclic) bond motifs is 1. The Labute approximate surface area is 120 Å². The van der Waals surface area contributed by atoms with Crippen molar-refractivity contribution in [2.24, 2.45) is 0 Å². The lowest BCUT2D eigenvalue weighted by Crippen LogP contribution is -2.27. The van der Waals surface area contributed by atoms with E-state index in [1.165, 1.54) is 0 Å². The van der Waals surface area contributed by atoms with Crippen LogP contribution < -0.4 is 15.4 Å². The molecule has 0 saturated carbocycles.